The number of hydrogen-bond acceptors (Lipinski definition) is 3. The summed E-state index contributed by atoms with van der Waals surface area (Å²) in [7, 11) is 0. The Kier molecular flexibility index (Phi) is 10.7. The van der Waals surface area contributed by atoms with E-state index in [0.717, 1.165) is 18.7 Å². The van der Waals surface area contributed by atoms with E-state index in [4.69, 9.17) is 16.3 Å². The lowest BCUT2D eigenvalue weighted by Crippen LogP contribution is -2.39. The molecule has 0 aliphatic heterocycles. The molecule has 2 atom stereocenters. The summed E-state index contributed by atoms with van der Waals surface area (Å²) < 4.78 is 5.50. The van der Waals surface area contributed by atoms with Gasteiger partial charge in [0, 0.05) is 18.2 Å². The van der Waals surface area contributed by atoms with Crippen molar-refractivity contribution in [1.29, 1.82) is 0 Å². The highest BCUT2D eigenvalue weighted by Crippen LogP contribution is 2.28. The van der Waals surface area contributed by atoms with Gasteiger partial charge in [0.25, 0.3) is 0 Å². The summed E-state index contributed by atoms with van der Waals surface area (Å²) in [4.78, 5) is 4.45. The SMILES string of the molecule is CCNC(=NCC(O)COCC1CC1)NC(C)c1cccc(Cl)c1.I. The molecule has 25 heavy (non-hydrogen) atoms. The van der Waals surface area contributed by atoms with Gasteiger partial charge in [-0.3, -0.25) is 4.99 Å². The zero-order chi connectivity index (χ0) is 17.4. The highest BCUT2D eigenvalue weighted by molar-refractivity contribution is 14.0. The van der Waals surface area contributed by atoms with E-state index >= 15 is 0 Å². The van der Waals surface area contributed by atoms with E-state index in [9.17, 15) is 5.11 Å². The fraction of sp³-hybridized carbons (Fsp3) is 0.611. The van der Waals surface area contributed by atoms with Gasteiger partial charge in [0.05, 0.1) is 25.3 Å². The monoisotopic (exact) mass is 481 g/mol. The van der Waals surface area contributed by atoms with Gasteiger partial charge < -0.3 is 20.5 Å². The van der Waals surface area contributed by atoms with Crippen molar-refractivity contribution in [2.45, 2.75) is 38.8 Å². The van der Waals surface area contributed by atoms with Gasteiger partial charge in [-0.25, -0.2) is 0 Å². The van der Waals surface area contributed by atoms with Crippen molar-refractivity contribution in [3.63, 3.8) is 0 Å². The molecular formula is C18H29ClIN3O2. The number of halogens is 2. The lowest BCUT2D eigenvalue weighted by molar-refractivity contribution is 0.0368. The third kappa shape index (κ3) is 9.08. The zero-order valence-corrected chi connectivity index (χ0v) is 18.0. The summed E-state index contributed by atoms with van der Waals surface area (Å²) in [5.41, 5.74) is 1.08. The number of hydrogen-bond donors (Lipinski definition) is 3. The summed E-state index contributed by atoms with van der Waals surface area (Å²) in [5.74, 6) is 1.38. The Hall–Kier alpha value is -0.570. The number of guanidine groups is 1. The molecule has 0 bridgehead atoms. The topological polar surface area (TPSA) is 65.9 Å². The molecule has 1 fully saturated rings. The van der Waals surface area contributed by atoms with Crippen molar-refractivity contribution in [3.05, 3.63) is 34.9 Å². The molecule has 142 valence electrons. The smallest absolute Gasteiger partial charge is 0.191 e. The maximum absolute atomic E-state index is 9.98. The number of aliphatic hydroxyl groups excluding tert-OH is 1. The van der Waals surface area contributed by atoms with Crippen molar-refractivity contribution in [1.82, 2.24) is 10.6 Å². The van der Waals surface area contributed by atoms with E-state index in [1.54, 1.807) is 0 Å². The van der Waals surface area contributed by atoms with E-state index < -0.39 is 6.10 Å². The first-order valence-electron chi connectivity index (χ1n) is 8.64. The first kappa shape index (κ1) is 22.5. The molecule has 0 saturated heterocycles. The molecule has 1 aliphatic rings. The average molecular weight is 482 g/mol. The molecule has 2 rings (SSSR count). The predicted octanol–water partition coefficient (Wildman–Crippen LogP) is 3.36. The standard InChI is InChI=1S/C18H28ClN3O2.HI/c1-3-20-18(21-10-17(23)12-24-11-14-7-8-14)22-13(2)15-5-4-6-16(19)9-15;/h4-6,9,13-14,17,23H,3,7-8,10-12H2,1-2H3,(H2,20,21,22);1H. The number of aliphatic hydroxyl groups is 1. The van der Waals surface area contributed by atoms with Crippen LogP contribution in [0.5, 0.6) is 0 Å². The maximum atomic E-state index is 9.98. The summed E-state index contributed by atoms with van der Waals surface area (Å²) >= 11 is 6.04. The number of benzene rings is 1. The van der Waals surface area contributed by atoms with Crippen molar-refractivity contribution in [2.24, 2.45) is 10.9 Å². The Balaban J connectivity index is 0.00000312. The molecule has 0 radical (unpaired) electrons. The van der Waals surface area contributed by atoms with E-state index in [-0.39, 0.29) is 30.0 Å². The summed E-state index contributed by atoms with van der Waals surface area (Å²) in [6, 6.07) is 7.80. The third-order valence-electron chi connectivity index (χ3n) is 3.87. The van der Waals surface area contributed by atoms with E-state index in [0.29, 0.717) is 30.1 Å². The Morgan fingerprint density at radius 1 is 1.44 bits per heavy atom. The van der Waals surface area contributed by atoms with Crippen molar-refractivity contribution < 1.29 is 9.84 Å². The average Bonchev–Trinajstić information content (AvgIpc) is 3.37. The van der Waals surface area contributed by atoms with Crippen LogP contribution < -0.4 is 10.6 Å². The lowest BCUT2D eigenvalue weighted by Gasteiger charge is -2.19. The maximum Gasteiger partial charge on any atom is 0.191 e. The van der Waals surface area contributed by atoms with Gasteiger partial charge in [-0.15, -0.1) is 24.0 Å². The summed E-state index contributed by atoms with van der Waals surface area (Å²) in [6.07, 6.45) is 1.93. The fourth-order valence-electron chi connectivity index (χ4n) is 2.29. The highest BCUT2D eigenvalue weighted by Gasteiger charge is 2.21. The van der Waals surface area contributed by atoms with Gasteiger partial charge in [-0.05, 0) is 50.3 Å². The Morgan fingerprint density at radius 3 is 2.84 bits per heavy atom. The van der Waals surface area contributed by atoms with Crippen LogP contribution >= 0.6 is 35.6 Å². The van der Waals surface area contributed by atoms with Crippen LogP contribution in [0.25, 0.3) is 0 Å². The van der Waals surface area contributed by atoms with Gasteiger partial charge in [0.15, 0.2) is 5.96 Å². The van der Waals surface area contributed by atoms with E-state index in [1.165, 1.54) is 12.8 Å². The second-order valence-corrected chi connectivity index (χ2v) is 6.71. The molecule has 3 N–H and O–H groups in total. The Labute approximate surface area is 172 Å². The van der Waals surface area contributed by atoms with Crippen LogP contribution in [0.2, 0.25) is 5.02 Å². The van der Waals surface area contributed by atoms with Crippen LogP contribution in [0.4, 0.5) is 0 Å². The van der Waals surface area contributed by atoms with Crippen LogP contribution in [0.1, 0.15) is 38.3 Å². The molecule has 0 spiro atoms. The van der Waals surface area contributed by atoms with Crippen LogP contribution in [0, 0.1) is 5.92 Å². The van der Waals surface area contributed by atoms with Crippen molar-refractivity contribution in [2.75, 3.05) is 26.3 Å². The van der Waals surface area contributed by atoms with Crippen molar-refractivity contribution in [3.8, 4) is 0 Å². The molecule has 0 aromatic heterocycles. The first-order valence-corrected chi connectivity index (χ1v) is 9.02. The molecule has 0 amide bonds. The number of nitrogens with zero attached hydrogens (tertiary/aromatic N) is 1. The molecule has 7 heteroatoms. The van der Waals surface area contributed by atoms with Crippen LogP contribution in [-0.4, -0.2) is 43.5 Å². The molecule has 0 heterocycles. The first-order chi connectivity index (χ1) is 11.6. The molecule has 2 unspecified atom stereocenters. The molecular weight excluding hydrogens is 453 g/mol. The lowest BCUT2D eigenvalue weighted by atomic mass is 10.1. The highest BCUT2D eigenvalue weighted by atomic mass is 127. The number of nitrogens with one attached hydrogen (secondary N) is 2. The summed E-state index contributed by atoms with van der Waals surface area (Å²) in [6.45, 7) is 6.21. The van der Waals surface area contributed by atoms with Crippen LogP contribution in [-0.2, 0) is 4.74 Å². The molecule has 1 saturated carbocycles. The van der Waals surface area contributed by atoms with Crippen LogP contribution in [0.15, 0.2) is 29.3 Å². The minimum Gasteiger partial charge on any atom is -0.389 e. The van der Waals surface area contributed by atoms with E-state index in [2.05, 4.69) is 15.6 Å². The minimum atomic E-state index is -0.583. The molecule has 1 aliphatic carbocycles. The number of aliphatic imine (C=N–C) groups is 1. The third-order valence-corrected chi connectivity index (χ3v) is 4.10. The number of ether oxygens (including phenoxy) is 1. The number of rotatable bonds is 9. The molecule has 5 nitrogen and oxygen atoms in total. The van der Waals surface area contributed by atoms with Gasteiger partial charge in [0.2, 0.25) is 0 Å². The summed E-state index contributed by atoms with van der Waals surface area (Å²) in [5, 5.41) is 17.2. The normalized spacial score (nSPS) is 16.7. The van der Waals surface area contributed by atoms with Gasteiger partial charge in [-0.1, -0.05) is 23.7 Å². The second kappa shape index (κ2) is 11.9. The minimum absolute atomic E-state index is 0. The largest absolute Gasteiger partial charge is 0.389 e. The van der Waals surface area contributed by atoms with Gasteiger partial charge in [-0.2, -0.15) is 0 Å². The van der Waals surface area contributed by atoms with Crippen LogP contribution in [0.3, 0.4) is 0 Å². The van der Waals surface area contributed by atoms with E-state index in [1.807, 2.05) is 38.1 Å². The quantitative estimate of drug-likeness (QED) is 0.287. The predicted molar refractivity (Wildman–Crippen MR) is 114 cm³/mol. The van der Waals surface area contributed by atoms with Crippen molar-refractivity contribution >= 4 is 41.5 Å². The molecule has 1 aromatic rings. The second-order valence-electron chi connectivity index (χ2n) is 6.28. The van der Waals surface area contributed by atoms with Gasteiger partial charge in [0.1, 0.15) is 0 Å². The van der Waals surface area contributed by atoms with Gasteiger partial charge >= 0.3 is 0 Å². The zero-order valence-electron chi connectivity index (χ0n) is 14.9. The fourth-order valence-corrected chi connectivity index (χ4v) is 2.49. The molecule has 1 aromatic carbocycles. The Bertz CT molecular complexity index is 541. The Morgan fingerprint density at radius 2 is 2.20 bits per heavy atom.